The van der Waals surface area contributed by atoms with E-state index in [2.05, 4.69) is 15.5 Å². The predicted octanol–water partition coefficient (Wildman–Crippen LogP) is 2.32. The zero-order valence-electron chi connectivity index (χ0n) is 11.7. The van der Waals surface area contributed by atoms with Crippen LogP contribution in [0.15, 0.2) is 18.2 Å². The molecule has 0 unspecified atom stereocenters. The van der Waals surface area contributed by atoms with Gasteiger partial charge in [0.05, 0.1) is 11.4 Å². The molecule has 0 spiro atoms. The highest BCUT2D eigenvalue weighted by atomic mass is 19.1. The minimum Gasteiger partial charge on any atom is -0.395 e. The Morgan fingerprint density at radius 3 is 2.76 bits per heavy atom. The number of H-pyrrole nitrogens is 1. The van der Waals surface area contributed by atoms with Crippen LogP contribution < -0.4 is 11.1 Å². The number of carbonyl (C=O) groups is 1. The molecule has 2 aromatic rings. The molecular weight excluding hydrogens is 278 g/mol. The first-order valence-electron chi connectivity index (χ1n) is 6.46. The third-order valence-corrected chi connectivity index (χ3v) is 3.07. The first kappa shape index (κ1) is 15.0. The number of hydrogen-bond acceptors (Lipinski definition) is 3. The third-order valence-electron chi connectivity index (χ3n) is 3.07. The highest BCUT2D eigenvalue weighted by molar-refractivity contribution is 5.97. The molecule has 0 bridgehead atoms. The minimum atomic E-state index is -0.588. The number of nitrogen functional groups attached to an aromatic ring is 1. The van der Waals surface area contributed by atoms with Crippen LogP contribution in [0.3, 0.4) is 0 Å². The molecule has 0 fully saturated rings. The van der Waals surface area contributed by atoms with Gasteiger partial charge < -0.3 is 11.1 Å². The smallest absolute Gasteiger partial charge is 0.274 e. The Morgan fingerprint density at radius 2 is 2.14 bits per heavy atom. The number of anilines is 1. The molecule has 0 aliphatic rings. The number of amides is 1. The molecule has 1 amide bonds. The summed E-state index contributed by atoms with van der Waals surface area (Å²) in [6.45, 7) is 3.67. The molecule has 1 aromatic carbocycles. The Bertz CT molecular complexity index is 667. The fraction of sp³-hybridized carbons (Fsp3) is 0.286. The van der Waals surface area contributed by atoms with Crippen LogP contribution in [0.4, 0.5) is 14.5 Å². The van der Waals surface area contributed by atoms with Crippen LogP contribution >= 0.6 is 0 Å². The minimum absolute atomic E-state index is 0.0514. The number of nitrogens with zero attached hydrogens (tertiary/aromatic N) is 1. The molecule has 1 heterocycles. The highest BCUT2D eigenvalue weighted by Gasteiger charge is 2.19. The van der Waals surface area contributed by atoms with E-state index in [0.29, 0.717) is 5.69 Å². The van der Waals surface area contributed by atoms with E-state index in [0.717, 1.165) is 18.2 Å². The molecule has 1 aromatic heterocycles. The molecule has 0 saturated heterocycles. The van der Waals surface area contributed by atoms with Gasteiger partial charge >= 0.3 is 0 Å². The Kier molecular flexibility index (Phi) is 4.21. The lowest BCUT2D eigenvalue weighted by Crippen LogP contribution is -2.24. The Hall–Kier alpha value is -2.44. The van der Waals surface area contributed by atoms with E-state index >= 15 is 0 Å². The second kappa shape index (κ2) is 5.90. The van der Waals surface area contributed by atoms with Crippen molar-refractivity contribution in [1.82, 2.24) is 15.5 Å². The standard InChI is InChI=1S/C14H16F2N4O/c1-7(2)12-11(17)13(20-19-12)14(21)18-6-8-5-9(15)3-4-10(8)16/h3-5,7H,6,17H2,1-2H3,(H,18,21)(H,19,20). The lowest BCUT2D eigenvalue weighted by atomic mass is 10.1. The molecular formula is C14H16F2N4O. The summed E-state index contributed by atoms with van der Waals surface area (Å²) in [4.78, 5) is 12.0. The fourth-order valence-corrected chi connectivity index (χ4v) is 1.92. The van der Waals surface area contributed by atoms with Crippen LogP contribution in [0.5, 0.6) is 0 Å². The number of nitrogens with two attached hydrogens (primary N) is 1. The van der Waals surface area contributed by atoms with Gasteiger partial charge in [-0.05, 0) is 24.1 Å². The summed E-state index contributed by atoms with van der Waals surface area (Å²) in [7, 11) is 0. The number of benzene rings is 1. The van der Waals surface area contributed by atoms with Crippen molar-refractivity contribution in [3.05, 3.63) is 46.8 Å². The number of aromatic amines is 1. The van der Waals surface area contributed by atoms with Gasteiger partial charge in [0.25, 0.3) is 5.91 Å². The summed E-state index contributed by atoms with van der Waals surface area (Å²) in [5, 5.41) is 9.03. The quantitative estimate of drug-likeness (QED) is 0.809. The van der Waals surface area contributed by atoms with Crippen LogP contribution in [0.25, 0.3) is 0 Å². The maximum absolute atomic E-state index is 13.4. The Morgan fingerprint density at radius 1 is 1.43 bits per heavy atom. The van der Waals surface area contributed by atoms with Gasteiger partial charge in [0.2, 0.25) is 0 Å². The van der Waals surface area contributed by atoms with Crippen LogP contribution in [-0.4, -0.2) is 16.1 Å². The molecule has 7 heteroatoms. The molecule has 4 N–H and O–H groups in total. The molecule has 0 saturated carbocycles. The highest BCUT2D eigenvalue weighted by Crippen LogP contribution is 2.22. The zero-order valence-corrected chi connectivity index (χ0v) is 11.7. The third kappa shape index (κ3) is 3.18. The van der Waals surface area contributed by atoms with Crippen molar-refractivity contribution in [3.8, 4) is 0 Å². The average Bonchev–Trinajstić information content (AvgIpc) is 2.81. The van der Waals surface area contributed by atoms with E-state index in [1.807, 2.05) is 13.8 Å². The van der Waals surface area contributed by atoms with Gasteiger partial charge in [-0.2, -0.15) is 5.10 Å². The van der Waals surface area contributed by atoms with Crippen LogP contribution in [0, 0.1) is 11.6 Å². The number of nitrogens with one attached hydrogen (secondary N) is 2. The van der Waals surface area contributed by atoms with Crippen LogP contribution in [0.1, 0.15) is 41.5 Å². The molecule has 0 radical (unpaired) electrons. The van der Waals surface area contributed by atoms with Crippen molar-refractivity contribution in [2.24, 2.45) is 0 Å². The second-order valence-corrected chi connectivity index (χ2v) is 4.97. The molecule has 0 aliphatic carbocycles. The monoisotopic (exact) mass is 294 g/mol. The fourth-order valence-electron chi connectivity index (χ4n) is 1.92. The number of aromatic nitrogens is 2. The lowest BCUT2D eigenvalue weighted by molar-refractivity contribution is 0.0946. The van der Waals surface area contributed by atoms with Crippen molar-refractivity contribution >= 4 is 11.6 Å². The molecule has 0 aliphatic heterocycles. The van der Waals surface area contributed by atoms with Crippen LogP contribution in [0.2, 0.25) is 0 Å². The molecule has 112 valence electrons. The van der Waals surface area contributed by atoms with Gasteiger partial charge in [-0.15, -0.1) is 0 Å². The Labute approximate surface area is 120 Å². The van der Waals surface area contributed by atoms with Gasteiger partial charge in [-0.1, -0.05) is 13.8 Å². The molecule has 2 rings (SSSR count). The summed E-state index contributed by atoms with van der Waals surface area (Å²) < 4.78 is 26.5. The molecule has 21 heavy (non-hydrogen) atoms. The van der Waals surface area contributed by atoms with E-state index in [1.54, 1.807) is 0 Å². The van der Waals surface area contributed by atoms with E-state index in [1.165, 1.54) is 0 Å². The van der Waals surface area contributed by atoms with Crippen LogP contribution in [-0.2, 0) is 6.54 Å². The van der Waals surface area contributed by atoms with Gasteiger partial charge in [-0.3, -0.25) is 9.89 Å². The number of carbonyl (C=O) groups excluding carboxylic acids is 1. The van der Waals surface area contributed by atoms with Crippen molar-refractivity contribution in [3.63, 3.8) is 0 Å². The van der Waals surface area contributed by atoms with E-state index in [-0.39, 0.29) is 29.4 Å². The van der Waals surface area contributed by atoms with E-state index < -0.39 is 17.5 Å². The molecule has 5 nitrogen and oxygen atoms in total. The maximum Gasteiger partial charge on any atom is 0.274 e. The summed E-state index contributed by atoms with van der Waals surface area (Å²) in [6.07, 6.45) is 0. The summed E-state index contributed by atoms with van der Waals surface area (Å²) in [5.74, 6) is -1.60. The van der Waals surface area contributed by atoms with E-state index in [9.17, 15) is 13.6 Å². The maximum atomic E-state index is 13.4. The SMILES string of the molecule is CC(C)c1[nH]nc(C(=O)NCc2cc(F)ccc2F)c1N. The number of rotatable bonds is 4. The lowest BCUT2D eigenvalue weighted by Gasteiger charge is -2.06. The van der Waals surface area contributed by atoms with Gasteiger partial charge in [0.1, 0.15) is 11.6 Å². The second-order valence-electron chi connectivity index (χ2n) is 4.97. The van der Waals surface area contributed by atoms with Gasteiger partial charge in [0.15, 0.2) is 5.69 Å². The van der Waals surface area contributed by atoms with Crippen molar-refractivity contribution < 1.29 is 13.6 Å². The summed E-state index contributed by atoms with van der Waals surface area (Å²) >= 11 is 0. The first-order valence-corrected chi connectivity index (χ1v) is 6.46. The van der Waals surface area contributed by atoms with Crippen molar-refractivity contribution in [1.29, 1.82) is 0 Å². The number of hydrogen-bond donors (Lipinski definition) is 3. The van der Waals surface area contributed by atoms with Gasteiger partial charge in [-0.25, -0.2) is 8.78 Å². The first-order chi connectivity index (χ1) is 9.90. The normalized spacial score (nSPS) is 10.9. The van der Waals surface area contributed by atoms with Crippen molar-refractivity contribution in [2.75, 3.05) is 5.73 Å². The van der Waals surface area contributed by atoms with Gasteiger partial charge in [0, 0.05) is 12.1 Å². The largest absolute Gasteiger partial charge is 0.395 e. The summed E-state index contributed by atoms with van der Waals surface area (Å²) in [5.41, 5.74) is 6.88. The Balaban J connectivity index is 2.10. The molecule has 0 atom stereocenters. The predicted molar refractivity (Wildman–Crippen MR) is 74.6 cm³/mol. The van der Waals surface area contributed by atoms with E-state index in [4.69, 9.17) is 5.73 Å². The topological polar surface area (TPSA) is 83.8 Å². The van der Waals surface area contributed by atoms with Crippen molar-refractivity contribution in [2.45, 2.75) is 26.3 Å². The summed E-state index contributed by atoms with van der Waals surface area (Å²) in [6, 6.07) is 3.06. The average molecular weight is 294 g/mol. The zero-order chi connectivity index (χ0) is 15.6. The number of halogens is 2.